The van der Waals surface area contributed by atoms with Crippen LogP contribution >= 0.6 is 15.9 Å². The second-order valence-electron chi connectivity index (χ2n) is 6.79. The van der Waals surface area contributed by atoms with Crippen LogP contribution in [0.3, 0.4) is 0 Å². The van der Waals surface area contributed by atoms with Gasteiger partial charge < -0.3 is 10.2 Å². The Balaban J connectivity index is 1.84. The van der Waals surface area contributed by atoms with E-state index >= 15 is 0 Å². The van der Waals surface area contributed by atoms with Crippen LogP contribution < -0.4 is 5.32 Å². The molecular formula is C19H25BrN4O. The third-order valence-electron chi connectivity index (χ3n) is 4.52. The summed E-state index contributed by atoms with van der Waals surface area (Å²) in [5, 5.41) is 7.72. The Labute approximate surface area is 157 Å². The topological polar surface area (TPSA) is 50.2 Å². The van der Waals surface area contributed by atoms with Crippen LogP contribution in [0.15, 0.2) is 28.7 Å². The first kappa shape index (κ1) is 18.1. The first-order valence-corrected chi connectivity index (χ1v) is 9.65. The van der Waals surface area contributed by atoms with Gasteiger partial charge in [0.25, 0.3) is 5.91 Å². The Bertz CT molecular complexity index is 754. The summed E-state index contributed by atoms with van der Waals surface area (Å²) in [5.41, 5.74) is 3.90. The molecule has 0 aliphatic heterocycles. The molecule has 1 aromatic heterocycles. The highest BCUT2D eigenvalue weighted by molar-refractivity contribution is 9.10. The predicted octanol–water partition coefficient (Wildman–Crippen LogP) is 3.20. The molecule has 0 atom stereocenters. The number of fused-ring (bicyclic) bond motifs is 1. The van der Waals surface area contributed by atoms with Crippen molar-refractivity contribution in [2.75, 3.05) is 27.2 Å². The smallest absolute Gasteiger partial charge is 0.272 e. The van der Waals surface area contributed by atoms with Crippen molar-refractivity contribution in [3.63, 3.8) is 0 Å². The fraction of sp³-hybridized carbons (Fsp3) is 0.474. The van der Waals surface area contributed by atoms with E-state index in [0.29, 0.717) is 12.2 Å². The molecule has 0 radical (unpaired) electrons. The largest absolute Gasteiger partial charge is 0.351 e. The molecule has 6 heteroatoms. The van der Waals surface area contributed by atoms with Gasteiger partial charge in [-0.05, 0) is 70.9 Å². The van der Waals surface area contributed by atoms with Crippen LogP contribution in [0, 0.1) is 0 Å². The standard InChI is InChI=1S/C19H25BrN4O/c1-23(2)12-6-11-21-19(25)18-16-9-3-4-10-17(16)24(22-18)15-8-5-7-14(20)13-15/h5,7-8,13H,3-4,6,9-12H2,1-2H3,(H,21,25). The maximum absolute atomic E-state index is 12.7. The number of halogens is 1. The van der Waals surface area contributed by atoms with Gasteiger partial charge in [-0.1, -0.05) is 22.0 Å². The number of rotatable bonds is 6. The van der Waals surface area contributed by atoms with E-state index in [1.165, 1.54) is 5.69 Å². The molecule has 1 N–H and O–H groups in total. The normalized spacial score (nSPS) is 13.8. The lowest BCUT2D eigenvalue weighted by Crippen LogP contribution is -2.28. The molecule has 2 aromatic rings. The van der Waals surface area contributed by atoms with E-state index in [1.54, 1.807) is 0 Å². The van der Waals surface area contributed by atoms with E-state index in [4.69, 9.17) is 5.10 Å². The van der Waals surface area contributed by atoms with Gasteiger partial charge in [-0.3, -0.25) is 4.79 Å². The van der Waals surface area contributed by atoms with Crippen LogP contribution in [0.2, 0.25) is 0 Å². The number of carbonyl (C=O) groups is 1. The fourth-order valence-electron chi connectivity index (χ4n) is 3.28. The minimum atomic E-state index is -0.0503. The maximum Gasteiger partial charge on any atom is 0.272 e. The zero-order valence-electron chi connectivity index (χ0n) is 14.9. The van der Waals surface area contributed by atoms with E-state index in [2.05, 4.69) is 26.1 Å². The van der Waals surface area contributed by atoms with Crippen LogP contribution in [-0.2, 0) is 12.8 Å². The summed E-state index contributed by atoms with van der Waals surface area (Å²) < 4.78 is 2.97. The molecule has 3 rings (SSSR count). The number of nitrogens with one attached hydrogen (secondary N) is 1. The van der Waals surface area contributed by atoms with E-state index in [-0.39, 0.29) is 5.91 Å². The van der Waals surface area contributed by atoms with Crippen molar-refractivity contribution in [1.29, 1.82) is 0 Å². The van der Waals surface area contributed by atoms with Crippen LogP contribution in [0.4, 0.5) is 0 Å². The highest BCUT2D eigenvalue weighted by atomic mass is 79.9. The van der Waals surface area contributed by atoms with Crippen molar-refractivity contribution >= 4 is 21.8 Å². The Morgan fingerprint density at radius 1 is 1.32 bits per heavy atom. The van der Waals surface area contributed by atoms with Crippen LogP contribution in [0.25, 0.3) is 5.69 Å². The lowest BCUT2D eigenvalue weighted by atomic mass is 9.95. The number of amides is 1. The average molecular weight is 405 g/mol. The molecule has 134 valence electrons. The second kappa shape index (κ2) is 8.15. The lowest BCUT2D eigenvalue weighted by molar-refractivity contribution is 0.0946. The molecule has 0 bridgehead atoms. The van der Waals surface area contributed by atoms with Crippen molar-refractivity contribution < 1.29 is 4.79 Å². The van der Waals surface area contributed by atoms with Gasteiger partial charge >= 0.3 is 0 Å². The summed E-state index contributed by atoms with van der Waals surface area (Å²) >= 11 is 3.52. The van der Waals surface area contributed by atoms with Crippen molar-refractivity contribution in [3.05, 3.63) is 45.7 Å². The van der Waals surface area contributed by atoms with Crippen molar-refractivity contribution in [2.45, 2.75) is 32.1 Å². The van der Waals surface area contributed by atoms with Gasteiger partial charge in [-0.15, -0.1) is 0 Å². The van der Waals surface area contributed by atoms with Gasteiger partial charge in [0.05, 0.1) is 5.69 Å². The number of aromatic nitrogens is 2. The van der Waals surface area contributed by atoms with Crippen molar-refractivity contribution in [2.24, 2.45) is 0 Å². The summed E-state index contributed by atoms with van der Waals surface area (Å²) in [5.74, 6) is -0.0503. The van der Waals surface area contributed by atoms with Gasteiger partial charge in [0, 0.05) is 22.3 Å². The summed E-state index contributed by atoms with van der Waals surface area (Å²) in [4.78, 5) is 14.8. The van der Waals surface area contributed by atoms with Crippen molar-refractivity contribution in [3.8, 4) is 5.69 Å². The Morgan fingerprint density at radius 3 is 2.88 bits per heavy atom. The van der Waals surface area contributed by atoms with Crippen LogP contribution in [-0.4, -0.2) is 47.8 Å². The number of nitrogens with zero attached hydrogens (tertiary/aromatic N) is 3. The van der Waals surface area contributed by atoms with E-state index in [9.17, 15) is 4.79 Å². The first-order valence-electron chi connectivity index (χ1n) is 8.86. The Morgan fingerprint density at radius 2 is 2.12 bits per heavy atom. The third-order valence-corrected chi connectivity index (χ3v) is 5.01. The zero-order chi connectivity index (χ0) is 17.8. The lowest BCUT2D eigenvalue weighted by Gasteiger charge is -2.14. The molecule has 0 fully saturated rings. The molecule has 5 nitrogen and oxygen atoms in total. The van der Waals surface area contributed by atoms with Gasteiger partial charge in [0.15, 0.2) is 5.69 Å². The quantitative estimate of drug-likeness (QED) is 0.751. The SMILES string of the molecule is CN(C)CCCNC(=O)c1nn(-c2cccc(Br)c2)c2c1CCCC2. The van der Waals surface area contributed by atoms with E-state index in [0.717, 1.165) is 54.4 Å². The predicted molar refractivity (Wildman–Crippen MR) is 103 cm³/mol. The molecular weight excluding hydrogens is 380 g/mol. The summed E-state index contributed by atoms with van der Waals surface area (Å²) in [6.45, 7) is 1.64. The average Bonchev–Trinajstić information content (AvgIpc) is 2.98. The monoisotopic (exact) mass is 404 g/mol. The summed E-state index contributed by atoms with van der Waals surface area (Å²) in [6.07, 6.45) is 5.12. The minimum absolute atomic E-state index is 0.0503. The molecule has 0 unspecified atom stereocenters. The second-order valence-corrected chi connectivity index (χ2v) is 7.70. The van der Waals surface area contributed by atoms with Gasteiger partial charge in [0.1, 0.15) is 0 Å². The Hall–Kier alpha value is -1.66. The molecule has 1 amide bonds. The highest BCUT2D eigenvalue weighted by Crippen LogP contribution is 2.27. The molecule has 25 heavy (non-hydrogen) atoms. The van der Waals surface area contributed by atoms with Crippen LogP contribution in [0.1, 0.15) is 41.0 Å². The van der Waals surface area contributed by atoms with Crippen LogP contribution in [0.5, 0.6) is 0 Å². The highest BCUT2D eigenvalue weighted by Gasteiger charge is 2.25. The number of benzene rings is 1. The number of hydrogen-bond acceptors (Lipinski definition) is 3. The maximum atomic E-state index is 12.7. The zero-order valence-corrected chi connectivity index (χ0v) is 16.5. The summed E-state index contributed by atoms with van der Waals surface area (Å²) in [6, 6.07) is 8.07. The third kappa shape index (κ3) is 4.30. The molecule has 1 heterocycles. The molecule has 1 aromatic carbocycles. The first-order chi connectivity index (χ1) is 12.1. The Kier molecular flexibility index (Phi) is 5.91. The number of hydrogen-bond donors (Lipinski definition) is 1. The van der Waals surface area contributed by atoms with Gasteiger partial charge in [0.2, 0.25) is 0 Å². The molecule has 1 aliphatic rings. The number of carbonyl (C=O) groups excluding carboxylic acids is 1. The van der Waals surface area contributed by atoms with Crippen molar-refractivity contribution in [1.82, 2.24) is 20.0 Å². The van der Waals surface area contributed by atoms with E-state index in [1.807, 2.05) is 43.0 Å². The summed E-state index contributed by atoms with van der Waals surface area (Å²) in [7, 11) is 4.08. The van der Waals surface area contributed by atoms with E-state index < -0.39 is 0 Å². The fourth-order valence-corrected chi connectivity index (χ4v) is 3.67. The van der Waals surface area contributed by atoms with Gasteiger partial charge in [-0.25, -0.2) is 4.68 Å². The molecule has 1 aliphatic carbocycles. The molecule has 0 saturated heterocycles. The minimum Gasteiger partial charge on any atom is -0.351 e. The molecule has 0 spiro atoms. The molecule has 0 saturated carbocycles. The van der Waals surface area contributed by atoms with Gasteiger partial charge in [-0.2, -0.15) is 5.10 Å².